The van der Waals surface area contributed by atoms with E-state index in [1.807, 2.05) is 24.3 Å². The van der Waals surface area contributed by atoms with Crippen molar-refractivity contribution in [3.8, 4) is 5.75 Å². The highest BCUT2D eigenvalue weighted by Gasteiger charge is 1.99. The van der Waals surface area contributed by atoms with Crippen LogP contribution in [0.15, 0.2) is 53.4 Å². The molecule has 0 saturated heterocycles. The topological polar surface area (TPSA) is 38.3 Å². The van der Waals surface area contributed by atoms with Crippen LogP contribution in [-0.2, 0) is 4.79 Å². The third kappa shape index (κ3) is 5.47. The van der Waals surface area contributed by atoms with Crippen LogP contribution in [0.5, 0.6) is 5.75 Å². The highest BCUT2D eigenvalue weighted by atomic mass is 32.2. The van der Waals surface area contributed by atoms with Gasteiger partial charge in [-0.2, -0.15) is 0 Å². The molecule has 0 spiro atoms. The summed E-state index contributed by atoms with van der Waals surface area (Å²) < 4.78 is 18.4. The highest BCUT2D eigenvalue weighted by Crippen LogP contribution is 2.20. The summed E-state index contributed by atoms with van der Waals surface area (Å²) in [5.74, 6) is 0.917. The first-order chi connectivity index (χ1) is 10.1. The number of benzene rings is 2. The van der Waals surface area contributed by atoms with Gasteiger partial charge in [0.05, 0.1) is 6.61 Å². The third-order valence-electron chi connectivity index (χ3n) is 2.59. The second kappa shape index (κ2) is 7.69. The predicted octanol–water partition coefficient (Wildman–Crippen LogP) is 3.96. The fourth-order valence-electron chi connectivity index (χ4n) is 1.71. The van der Waals surface area contributed by atoms with E-state index in [4.69, 9.17) is 4.74 Å². The van der Waals surface area contributed by atoms with Crippen molar-refractivity contribution in [1.29, 1.82) is 0 Å². The van der Waals surface area contributed by atoms with Gasteiger partial charge in [0, 0.05) is 29.3 Å². The standard InChI is InChI=1S/C16H16FNO2S/c1-12(19)18-14-5-7-16(8-6-14)21-10-9-20-15-4-2-3-13(17)11-15/h2-8,11H,9-10H2,1H3,(H,18,19). The Labute approximate surface area is 127 Å². The molecule has 0 aliphatic carbocycles. The molecule has 0 fully saturated rings. The number of anilines is 1. The Hall–Kier alpha value is -2.01. The van der Waals surface area contributed by atoms with Gasteiger partial charge in [0.25, 0.3) is 0 Å². The van der Waals surface area contributed by atoms with E-state index in [0.717, 1.165) is 16.3 Å². The average Bonchev–Trinajstić information content (AvgIpc) is 2.45. The van der Waals surface area contributed by atoms with E-state index in [2.05, 4.69) is 5.32 Å². The number of amides is 1. The van der Waals surface area contributed by atoms with Gasteiger partial charge in [-0.05, 0) is 36.4 Å². The van der Waals surface area contributed by atoms with Crippen molar-refractivity contribution in [3.05, 3.63) is 54.3 Å². The average molecular weight is 305 g/mol. The number of thioether (sulfide) groups is 1. The molecule has 2 rings (SSSR count). The molecule has 1 N–H and O–H groups in total. The second-order valence-corrected chi connectivity index (χ2v) is 5.53. The Morgan fingerprint density at radius 3 is 2.67 bits per heavy atom. The SMILES string of the molecule is CC(=O)Nc1ccc(SCCOc2cccc(F)c2)cc1. The molecule has 5 heteroatoms. The van der Waals surface area contributed by atoms with Gasteiger partial charge in [-0.25, -0.2) is 4.39 Å². The van der Waals surface area contributed by atoms with E-state index in [0.29, 0.717) is 12.4 Å². The minimum absolute atomic E-state index is 0.0844. The fourth-order valence-corrected chi connectivity index (χ4v) is 2.44. The molecular formula is C16H16FNO2S. The van der Waals surface area contributed by atoms with E-state index in [-0.39, 0.29) is 11.7 Å². The lowest BCUT2D eigenvalue weighted by molar-refractivity contribution is -0.114. The number of hydrogen-bond donors (Lipinski definition) is 1. The molecule has 3 nitrogen and oxygen atoms in total. The van der Waals surface area contributed by atoms with Crippen LogP contribution in [0.3, 0.4) is 0 Å². The molecule has 0 unspecified atom stereocenters. The number of carbonyl (C=O) groups is 1. The molecule has 0 atom stereocenters. The zero-order valence-corrected chi connectivity index (χ0v) is 12.5. The molecule has 0 radical (unpaired) electrons. The Bertz CT molecular complexity index is 601. The fraction of sp³-hybridized carbons (Fsp3) is 0.188. The molecule has 0 aliphatic rings. The molecule has 110 valence electrons. The molecule has 0 saturated carbocycles. The van der Waals surface area contributed by atoms with Gasteiger partial charge in [0.2, 0.25) is 5.91 Å². The largest absolute Gasteiger partial charge is 0.493 e. The molecule has 0 heterocycles. The number of carbonyl (C=O) groups excluding carboxylic acids is 1. The molecule has 0 aromatic heterocycles. The van der Waals surface area contributed by atoms with E-state index in [9.17, 15) is 9.18 Å². The Morgan fingerprint density at radius 1 is 1.24 bits per heavy atom. The molecule has 1 amide bonds. The van der Waals surface area contributed by atoms with Crippen LogP contribution in [0.2, 0.25) is 0 Å². The molecule has 2 aromatic rings. The first-order valence-electron chi connectivity index (χ1n) is 6.52. The van der Waals surface area contributed by atoms with Gasteiger partial charge >= 0.3 is 0 Å². The molecule has 0 aliphatic heterocycles. The van der Waals surface area contributed by atoms with E-state index in [1.165, 1.54) is 19.1 Å². The first-order valence-corrected chi connectivity index (χ1v) is 7.51. The van der Waals surface area contributed by atoms with Crippen molar-refractivity contribution in [3.63, 3.8) is 0 Å². The van der Waals surface area contributed by atoms with Crippen LogP contribution in [0.4, 0.5) is 10.1 Å². The number of rotatable bonds is 6. The maximum absolute atomic E-state index is 13.0. The van der Waals surface area contributed by atoms with Crippen LogP contribution in [0, 0.1) is 5.82 Å². The van der Waals surface area contributed by atoms with Crippen molar-refractivity contribution in [1.82, 2.24) is 0 Å². The van der Waals surface area contributed by atoms with Crippen LogP contribution < -0.4 is 10.1 Å². The third-order valence-corrected chi connectivity index (χ3v) is 3.57. The minimum Gasteiger partial charge on any atom is -0.493 e. The number of hydrogen-bond acceptors (Lipinski definition) is 3. The normalized spacial score (nSPS) is 10.2. The smallest absolute Gasteiger partial charge is 0.221 e. The van der Waals surface area contributed by atoms with Crippen LogP contribution in [0.25, 0.3) is 0 Å². The van der Waals surface area contributed by atoms with Gasteiger partial charge in [0.15, 0.2) is 0 Å². The Kier molecular flexibility index (Phi) is 5.63. The van der Waals surface area contributed by atoms with Crippen LogP contribution >= 0.6 is 11.8 Å². The van der Waals surface area contributed by atoms with E-state index in [1.54, 1.807) is 23.9 Å². The lowest BCUT2D eigenvalue weighted by Crippen LogP contribution is -2.05. The van der Waals surface area contributed by atoms with Crippen molar-refractivity contribution in [2.24, 2.45) is 0 Å². The number of halogens is 1. The zero-order valence-electron chi connectivity index (χ0n) is 11.6. The summed E-state index contributed by atoms with van der Waals surface area (Å²) in [6.45, 7) is 1.98. The van der Waals surface area contributed by atoms with Crippen molar-refractivity contribution < 1.29 is 13.9 Å². The van der Waals surface area contributed by atoms with Gasteiger partial charge in [0.1, 0.15) is 11.6 Å². The van der Waals surface area contributed by atoms with Crippen molar-refractivity contribution in [2.45, 2.75) is 11.8 Å². The van der Waals surface area contributed by atoms with Crippen LogP contribution in [0.1, 0.15) is 6.92 Å². The maximum Gasteiger partial charge on any atom is 0.221 e. The van der Waals surface area contributed by atoms with Crippen molar-refractivity contribution >= 4 is 23.4 Å². The molecule has 21 heavy (non-hydrogen) atoms. The summed E-state index contributed by atoms with van der Waals surface area (Å²) in [6.07, 6.45) is 0. The van der Waals surface area contributed by atoms with Gasteiger partial charge in [-0.3, -0.25) is 4.79 Å². The lowest BCUT2D eigenvalue weighted by Gasteiger charge is -2.07. The molecule has 0 bridgehead atoms. The van der Waals surface area contributed by atoms with Crippen LogP contribution in [-0.4, -0.2) is 18.3 Å². The first kappa shape index (κ1) is 15.4. The maximum atomic E-state index is 13.0. The summed E-state index contributed by atoms with van der Waals surface area (Å²) in [4.78, 5) is 12.0. The lowest BCUT2D eigenvalue weighted by atomic mass is 10.3. The summed E-state index contributed by atoms with van der Waals surface area (Å²) >= 11 is 1.64. The van der Waals surface area contributed by atoms with E-state index < -0.39 is 0 Å². The van der Waals surface area contributed by atoms with Crippen molar-refractivity contribution in [2.75, 3.05) is 17.7 Å². The van der Waals surface area contributed by atoms with Gasteiger partial charge in [-0.15, -0.1) is 11.8 Å². The van der Waals surface area contributed by atoms with Gasteiger partial charge in [-0.1, -0.05) is 6.07 Å². The second-order valence-electron chi connectivity index (χ2n) is 4.36. The Morgan fingerprint density at radius 2 is 2.00 bits per heavy atom. The zero-order chi connectivity index (χ0) is 15.1. The monoisotopic (exact) mass is 305 g/mol. The van der Waals surface area contributed by atoms with E-state index >= 15 is 0 Å². The minimum atomic E-state index is -0.297. The predicted molar refractivity (Wildman–Crippen MR) is 83.4 cm³/mol. The summed E-state index contributed by atoms with van der Waals surface area (Å²) in [5.41, 5.74) is 0.780. The quantitative estimate of drug-likeness (QED) is 0.648. The highest BCUT2D eigenvalue weighted by molar-refractivity contribution is 7.99. The molecular weight excluding hydrogens is 289 g/mol. The molecule has 2 aromatic carbocycles. The summed E-state index contributed by atoms with van der Waals surface area (Å²) in [5, 5.41) is 2.72. The Balaban J connectivity index is 1.74. The number of nitrogens with one attached hydrogen (secondary N) is 1. The van der Waals surface area contributed by atoms with Gasteiger partial charge < -0.3 is 10.1 Å². The summed E-state index contributed by atoms with van der Waals surface area (Å²) in [7, 11) is 0. The number of ether oxygens (including phenoxy) is 1. The summed E-state index contributed by atoms with van der Waals surface area (Å²) in [6, 6.07) is 13.7.